The second-order valence-electron chi connectivity index (χ2n) is 8.73. The van der Waals surface area contributed by atoms with Crippen LogP contribution in [-0.2, 0) is 9.53 Å². The highest BCUT2D eigenvalue weighted by Crippen LogP contribution is 2.38. The highest BCUT2D eigenvalue weighted by atomic mass is 16.5. The van der Waals surface area contributed by atoms with Gasteiger partial charge in [0, 0.05) is 18.5 Å². The van der Waals surface area contributed by atoms with E-state index in [1.54, 1.807) is 7.11 Å². The number of benzene rings is 1. The molecule has 0 unspecified atom stereocenters. The first-order chi connectivity index (χ1) is 13.7. The lowest BCUT2D eigenvalue weighted by molar-refractivity contribution is -0.139. The molecule has 2 saturated carbocycles. The standard InChI is InChI=1S/C23H34N2O3/c1-27-22-7-3-2-5-19(22)16-10-12-18(13-11-16)28-15-21-20(24)6-4-14-25(21)23(26)17-8-9-17/h2-3,5,7,16-18,20-21H,4,6,8-15,24H2,1H3/t16-,18+,20-,21-/m0/s1. The van der Waals surface area contributed by atoms with E-state index in [4.69, 9.17) is 15.2 Å². The molecule has 0 bridgehead atoms. The summed E-state index contributed by atoms with van der Waals surface area (Å²) in [4.78, 5) is 14.7. The number of para-hydroxylation sites is 1. The normalized spacial score (nSPS) is 30.9. The number of methoxy groups -OCH3 is 1. The smallest absolute Gasteiger partial charge is 0.226 e. The molecule has 5 nitrogen and oxygen atoms in total. The van der Waals surface area contributed by atoms with Gasteiger partial charge in [-0.25, -0.2) is 0 Å². The van der Waals surface area contributed by atoms with Crippen LogP contribution in [0.5, 0.6) is 5.75 Å². The van der Waals surface area contributed by atoms with Crippen molar-refractivity contribution in [2.45, 2.75) is 75.5 Å². The average molecular weight is 387 g/mol. The van der Waals surface area contributed by atoms with Crippen LogP contribution in [0, 0.1) is 5.92 Å². The van der Waals surface area contributed by atoms with Gasteiger partial charge in [0.15, 0.2) is 0 Å². The molecule has 28 heavy (non-hydrogen) atoms. The van der Waals surface area contributed by atoms with Gasteiger partial charge in [-0.05, 0) is 68.9 Å². The zero-order valence-electron chi connectivity index (χ0n) is 17.0. The molecule has 1 aromatic rings. The molecule has 2 atom stereocenters. The largest absolute Gasteiger partial charge is 0.496 e. The molecule has 0 aromatic heterocycles. The van der Waals surface area contributed by atoms with Crippen LogP contribution in [0.15, 0.2) is 24.3 Å². The molecule has 1 aliphatic heterocycles. The van der Waals surface area contributed by atoms with Crippen LogP contribution < -0.4 is 10.5 Å². The molecule has 1 heterocycles. The minimum Gasteiger partial charge on any atom is -0.496 e. The summed E-state index contributed by atoms with van der Waals surface area (Å²) in [5.41, 5.74) is 7.70. The van der Waals surface area contributed by atoms with Crippen LogP contribution in [0.1, 0.15) is 62.8 Å². The SMILES string of the molecule is COc1ccccc1[C@H]1CC[C@@H](OC[C@H]2[C@@H](N)CCCN2C(=O)C2CC2)CC1. The van der Waals surface area contributed by atoms with Gasteiger partial charge in [0.25, 0.3) is 0 Å². The Morgan fingerprint density at radius 2 is 1.86 bits per heavy atom. The highest BCUT2D eigenvalue weighted by molar-refractivity contribution is 5.81. The van der Waals surface area contributed by atoms with Gasteiger partial charge in [-0.1, -0.05) is 18.2 Å². The lowest BCUT2D eigenvalue weighted by atomic mass is 9.82. The molecule has 2 aliphatic carbocycles. The number of nitrogens with two attached hydrogens (primary N) is 1. The van der Waals surface area contributed by atoms with Crippen molar-refractivity contribution in [2.24, 2.45) is 11.7 Å². The first kappa shape index (κ1) is 19.7. The van der Waals surface area contributed by atoms with E-state index in [2.05, 4.69) is 12.1 Å². The number of ether oxygens (including phenoxy) is 2. The maximum absolute atomic E-state index is 12.6. The fraction of sp³-hybridized carbons (Fsp3) is 0.696. The van der Waals surface area contributed by atoms with Crippen LogP contribution in [-0.4, -0.2) is 49.3 Å². The van der Waals surface area contributed by atoms with E-state index in [-0.39, 0.29) is 24.1 Å². The molecule has 0 spiro atoms. The molecule has 0 radical (unpaired) electrons. The van der Waals surface area contributed by atoms with Crippen LogP contribution in [0.4, 0.5) is 0 Å². The molecule has 2 N–H and O–H groups in total. The molecule has 1 aromatic carbocycles. The Morgan fingerprint density at radius 3 is 2.57 bits per heavy atom. The summed E-state index contributed by atoms with van der Waals surface area (Å²) in [6.45, 7) is 1.43. The monoisotopic (exact) mass is 386 g/mol. The quantitative estimate of drug-likeness (QED) is 0.813. The van der Waals surface area contributed by atoms with Crippen molar-refractivity contribution < 1.29 is 14.3 Å². The van der Waals surface area contributed by atoms with Crippen LogP contribution in [0.3, 0.4) is 0 Å². The summed E-state index contributed by atoms with van der Waals surface area (Å²) in [6, 6.07) is 8.45. The van der Waals surface area contributed by atoms with E-state index in [0.717, 1.165) is 63.7 Å². The first-order valence-electron chi connectivity index (χ1n) is 11.0. The zero-order valence-corrected chi connectivity index (χ0v) is 17.0. The number of carbonyl (C=O) groups is 1. The molecular weight excluding hydrogens is 352 g/mol. The topological polar surface area (TPSA) is 64.8 Å². The molecule has 3 aliphatic rings. The first-order valence-corrected chi connectivity index (χ1v) is 11.0. The Hall–Kier alpha value is -1.59. The van der Waals surface area contributed by atoms with E-state index < -0.39 is 0 Å². The Kier molecular flexibility index (Phi) is 6.22. The van der Waals surface area contributed by atoms with Crippen molar-refractivity contribution in [1.82, 2.24) is 4.90 Å². The summed E-state index contributed by atoms with van der Waals surface area (Å²) in [6.07, 6.45) is 8.72. The number of nitrogens with zero attached hydrogens (tertiary/aromatic N) is 1. The Bertz CT molecular complexity index is 668. The number of piperidine rings is 1. The number of rotatable bonds is 6. The van der Waals surface area contributed by atoms with Gasteiger partial charge in [-0.15, -0.1) is 0 Å². The van der Waals surface area contributed by atoms with Gasteiger partial charge < -0.3 is 20.1 Å². The molecule has 3 fully saturated rings. The van der Waals surface area contributed by atoms with Crippen LogP contribution in [0.25, 0.3) is 0 Å². The number of hydrogen-bond acceptors (Lipinski definition) is 4. The lowest BCUT2D eigenvalue weighted by Crippen LogP contribution is -2.57. The van der Waals surface area contributed by atoms with E-state index in [1.807, 2.05) is 17.0 Å². The van der Waals surface area contributed by atoms with Crippen molar-refractivity contribution in [1.29, 1.82) is 0 Å². The summed E-state index contributed by atoms with van der Waals surface area (Å²) in [5, 5.41) is 0. The van der Waals surface area contributed by atoms with Crippen LogP contribution in [0.2, 0.25) is 0 Å². The summed E-state index contributed by atoms with van der Waals surface area (Å²) >= 11 is 0. The number of amides is 1. The third-order valence-electron chi connectivity index (χ3n) is 6.80. The summed E-state index contributed by atoms with van der Waals surface area (Å²) in [7, 11) is 1.75. The Morgan fingerprint density at radius 1 is 1.11 bits per heavy atom. The van der Waals surface area contributed by atoms with E-state index in [9.17, 15) is 4.79 Å². The van der Waals surface area contributed by atoms with Crippen molar-refractivity contribution in [3.8, 4) is 5.75 Å². The second-order valence-corrected chi connectivity index (χ2v) is 8.73. The minimum absolute atomic E-state index is 0.0429. The second kappa shape index (κ2) is 8.83. The van der Waals surface area contributed by atoms with Gasteiger partial charge in [-0.3, -0.25) is 4.79 Å². The van der Waals surface area contributed by atoms with E-state index in [1.165, 1.54) is 5.56 Å². The van der Waals surface area contributed by atoms with Crippen LogP contribution >= 0.6 is 0 Å². The number of likely N-dealkylation sites (tertiary alicyclic amines) is 1. The molecule has 1 saturated heterocycles. The lowest BCUT2D eigenvalue weighted by Gasteiger charge is -2.41. The van der Waals surface area contributed by atoms with E-state index in [0.29, 0.717) is 18.4 Å². The Balaban J connectivity index is 1.30. The molecule has 4 rings (SSSR count). The third-order valence-corrected chi connectivity index (χ3v) is 6.80. The summed E-state index contributed by atoms with van der Waals surface area (Å²) in [5.74, 6) is 2.10. The number of hydrogen-bond donors (Lipinski definition) is 1. The van der Waals surface area contributed by atoms with Gasteiger partial charge in [-0.2, -0.15) is 0 Å². The zero-order chi connectivity index (χ0) is 19.5. The maximum atomic E-state index is 12.6. The predicted molar refractivity (Wildman–Crippen MR) is 109 cm³/mol. The van der Waals surface area contributed by atoms with Crippen molar-refractivity contribution in [2.75, 3.05) is 20.3 Å². The fourth-order valence-electron chi connectivity index (χ4n) is 4.92. The average Bonchev–Trinajstić information content (AvgIpc) is 3.58. The van der Waals surface area contributed by atoms with Gasteiger partial charge in [0.1, 0.15) is 5.75 Å². The van der Waals surface area contributed by atoms with E-state index >= 15 is 0 Å². The minimum atomic E-state index is 0.0429. The number of carbonyl (C=O) groups excluding carboxylic acids is 1. The summed E-state index contributed by atoms with van der Waals surface area (Å²) < 4.78 is 11.8. The predicted octanol–water partition coefficient (Wildman–Crippen LogP) is 3.47. The van der Waals surface area contributed by atoms with Crippen molar-refractivity contribution in [3.05, 3.63) is 29.8 Å². The van der Waals surface area contributed by atoms with Gasteiger partial charge >= 0.3 is 0 Å². The Labute approximate surface area is 168 Å². The third kappa shape index (κ3) is 4.36. The molecule has 154 valence electrons. The molecule has 1 amide bonds. The van der Waals surface area contributed by atoms with Crippen molar-refractivity contribution >= 4 is 5.91 Å². The van der Waals surface area contributed by atoms with Crippen molar-refractivity contribution in [3.63, 3.8) is 0 Å². The van der Waals surface area contributed by atoms with Gasteiger partial charge in [0.05, 0.1) is 25.9 Å². The van der Waals surface area contributed by atoms with Gasteiger partial charge in [0.2, 0.25) is 5.91 Å². The highest BCUT2D eigenvalue weighted by Gasteiger charge is 2.40. The maximum Gasteiger partial charge on any atom is 0.226 e. The molecular formula is C23H34N2O3. The fourth-order valence-corrected chi connectivity index (χ4v) is 4.92. The molecule has 5 heteroatoms.